The van der Waals surface area contributed by atoms with Gasteiger partial charge in [-0.25, -0.2) is 0 Å². The molecule has 0 saturated carbocycles. The SMILES string of the molecule is NCCCN1CCN(CCCN(Cc2ccc(Cl)cc2)Cc2cccc(Cl)c2)CC1. The molecule has 0 atom stereocenters. The quantitative estimate of drug-likeness (QED) is 0.553. The van der Waals surface area contributed by atoms with Crippen molar-refractivity contribution in [3.8, 4) is 0 Å². The molecule has 0 radical (unpaired) electrons. The summed E-state index contributed by atoms with van der Waals surface area (Å²) in [6.07, 6.45) is 2.26. The van der Waals surface area contributed by atoms with Crippen LogP contribution < -0.4 is 5.73 Å². The summed E-state index contributed by atoms with van der Waals surface area (Å²) in [7, 11) is 0. The molecule has 4 nitrogen and oxygen atoms in total. The second-order valence-electron chi connectivity index (χ2n) is 8.15. The van der Waals surface area contributed by atoms with Gasteiger partial charge in [-0.05, 0) is 67.9 Å². The van der Waals surface area contributed by atoms with Gasteiger partial charge in [0.05, 0.1) is 0 Å². The molecule has 0 aliphatic carbocycles. The first kappa shape index (κ1) is 23.5. The van der Waals surface area contributed by atoms with Crippen LogP contribution in [0.1, 0.15) is 24.0 Å². The Morgan fingerprint density at radius 2 is 1.40 bits per heavy atom. The van der Waals surface area contributed by atoms with E-state index in [4.69, 9.17) is 28.9 Å². The molecule has 0 unspecified atom stereocenters. The van der Waals surface area contributed by atoms with Crippen molar-refractivity contribution in [1.29, 1.82) is 0 Å². The lowest BCUT2D eigenvalue weighted by Gasteiger charge is -2.35. The summed E-state index contributed by atoms with van der Waals surface area (Å²) >= 11 is 12.3. The Morgan fingerprint density at radius 1 is 0.767 bits per heavy atom. The predicted molar refractivity (Wildman–Crippen MR) is 128 cm³/mol. The summed E-state index contributed by atoms with van der Waals surface area (Å²) in [4.78, 5) is 7.64. The number of piperazine rings is 1. The van der Waals surface area contributed by atoms with E-state index in [1.807, 2.05) is 24.3 Å². The van der Waals surface area contributed by atoms with Crippen LogP contribution >= 0.6 is 23.2 Å². The minimum absolute atomic E-state index is 0.783. The highest BCUT2D eigenvalue weighted by molar-refractivity contribution is 6.30. The lowest BCUT2D eigenvalue weighted by molar-refractivity contribution is 0.125. The molecule has 30 heavy (non-hydrogen) atoms. The standard InChI is InChI=1S/C24H34Cl2N4/c25-23-8-6-21(7-9-23)19-30(20-22-4-1-5-24(26)18-22)13-3-12-29-16-14-28(15-17-29)11-2-10-27/h1,4-9,18H,2-3,10-17,19-20,27H2. The third-order valence-corrected chi connectivity index (χ3v) is 6.19. The molecule has 1 fully saturated rings. The Hall–Kier alpha value is -1.14. The van der Waals surface area contributed by atoms with Crippen LogP contribution in [0, 0.1) is 0 Å². The molecule has 2 aromatic carbocycles. The first-order chi connectivity index (χ1) is 14.6. The number of halogens is 2. The fourth-order valence-electron chi connectivity index (χ4n) is 4.02. The monoisotopic (exact) mass is 448 g/mol. The molecule has 0 amide bonds. The normalized spacial score (nSPS) is 15.7. The van der Waals surface area contributed by atoms with Crippen molar-refractivity contribution in [3.05, 3.63) is 69.7 Å². The van der Waals surface area contributed by atoms with E-state index >= 15 is 0 Å². The van der Waals surface area contributed by atoms with E-state index in [0.29, 0.717) is 0 Å². The summed E-state index contributed by atoms with van der Waals surface area (Å²) in [6.45, 7) is 10.6. The van der Waals surface area contributed by atoms with Crippen molar-refractivity contribution >= 4 is 23.2 Å². The van der Waals surface area contributed by atoms with Crippen molar-refractivity contribution in [2.75, 3.05) is 52.4 Å². The maximum absolute atomic E-state index is 6.20. The zero-order valence-electron chi connectivity index (χ0n) is 17.8. The number of nitrogens with two attached hydrogens (primary N) is 1. The van der Waals surface area contributed by atoms with Gasteiger partial charge in [-0.1, -0.05) is 47.5 Å². The topological polar surface area (TPSA) is 35.7 Å². The largest absolute Gasteiger partial charge is 0.330 e. The zero-order chi connectivity index (χ0) is 21.2. The van der Waals surface area contributed by atoms with Gasteiger partial charge in [0.2, 0.25) is 0 Å². The predicted octanol–water partition coefficient (Wildman–Crippen LogP) is 4.35. The number of hydrogen-bond donors (Lipinski definition) is 1. The fourth-order valence-corrected chi connectivity index (χ4v) is 4.36. The van der Waals surface area contributed by atoms with Gasteiger partial charge in [0.15, 0.2) is 0 Å². The molecular formula is C24H34Cl2N4. The Kier molecular flexibility index (Phi) is 9.92. The Balaban J connectivity index is 1.50. The van der Waals surface area contributed by atoms with Crippen molar-refractivity contribution < 1.29 is 0 Å². The molecule has 0 bridgehead atoms. The van der Waals surface area contributed by atoms with Gasteiger partial charge in [-0.2, -0.15) is 0 Å². The Morgan fingerprint density at radius 3 is 2.03 bits per heavy atom. The second kappa shape index (κ2) is 12.7. The maximum Gasteiger partial charge on any atom is 0.0409 e. The van der Waals surface area contributed by atoms with Crippen LogP contribution in [0.15, 0.2) is 48.5 Å². The Labute approximate surface area is 191 Å². The number of hydrogen-bond acceptors (Lipinski definition) is 4. The van der Waals surface area contributed by atoms with Crippen LogP contribution in [0.25, 0.3) is 0 Å². The van der Waals surface area contributed by atoms with Crippen molar-refractivity contribution in [2.24, 2.45) is 5.73 Å². The van der Waals surface area contributed by atoms with Crippen molar-refractivity contribution in [3.63, 3.8) is 0 Å². The number of benzene rings is 2. The van der Waals surface area contributed by atoms with E-state index < -0.39 is 0 Å². The minimum atomic E-state index is 0.783. The molecule has 1 aliphatic rings. The summed E-state index contributed by atoms with van der Waals surface area (Å²) in [5.41, 5.74) is 8.18. The van der Waals surface area contributed by atoms with Gasteiger partial charge in [0.1, 0.15) is 0 Å². The molecule has 3 rings (SSSR count). The van der Waals surface area contributed by atoms with Gasteiger partial charge in [-0.3, -0.25) is 4.90 Å². The average molecular weight is 449 g/mol. The van der Waals surface area contributed by atoms with Gasteiger partial charge in [0.25, 0.3) is 0 Å². The number of nitrogens with zero attached hydrogens (tertiary/aromatic N) is 3. The first-order valence-electron chi connectivity index (χ1n) is 11.0. The molecule has 1 heterocycles. The Bertz CT molecular complexity index is 745. The van der Waals surface area contributed by atoms with E-state index in [0.717, 1.165) is 88.3 Å². The van der Waals surface area contributed by atoms with Crippen LogP contribution in [-0.4, -0.2) is 67.1 Å². The maximum atomic E-state index is 6.20. The average Bonchev–Trinajstić information content (AvgIpc) is 2.75. The molecule has 2 N–H and O–H groups in total. The lowest BCUT2D eigenvalue weighted by atomic mass is 10.1. The molecule has 1 aliphatic heterocycles. The van der Waals surface area contributed by atoms with Gasteiger partial charge in [-0.15, -0.1) is 0 Å². The molecule has 0 spiro atoms. The van der Waals surface area contributed by atoms with E-state index in [-0.39, 0.29) is 0 Å². The summed E-state index contributed by atoms with van der Waals surface area (Å²) in [5.74, 6) is 0. The van der Waals surface area contributed by atoms with Gasteiger partial charge >= 0.3 is 0 Å². The summed E-state index contributed by atoms with van der Waals surface area (Å²) in [6, 6.07) is 16.4. The summed E-state index contributed by atoms with van der Waals surface area (Å²) in [5, 5.41) is 1.58. The summed E-state index contributed by atoms with van der Waals surface area (Å²) < 4.78 is 0. The van der Waals surface area contributed by atoms with E-state index in [1.54, 1.807) is 0 Å². The van der Waals surface area contributed by atoms with E-state index in [1.165, 1.54) is 11.1 Å². The zero-order valence-corrected chi connectivity index (χ0v) is 19.3. The van der Waals surface area contributed by atoms with Crippen LogP contribution in [0.3, 0.4) is 0 Å². The van der Waals surface area contributed by atoms with Crippen molar-refractivity contribution in [1.82, 2.24) is 14.7 Å². The molecule has 1 saturated heterocycles. The van der Waals surface area contributed by atoms with Crippen LogP contribution in [0.4, 0.5) is 0 Å². The van der Waals surface area contributed by atoms with Crippen LogP contribution in [0.5, 0.6) is 0 Å². The number of rotatable bonds is 11. The molecule has 0 aromatic heterocycles. The minimum Gasteiger partial charge on any atom is -0.330 e. The second-order valence-corrected chi connectivity index (χ2v) is 9.02. The molecule has 6 heteroatoms. The van der Waals surface area contributed by atoms with E-state index in [9.17, 15) is 0 Å². The third-order valence-electron chi connectivity index (χ3n) is 5.71. The third kappa shape index (κ3) is 8.18. The molecule has 2 aromatic rings. The van der Waals surface area contributed by atoms with E-state index in [2.05, 4.69) is 39.0 Å². The highest BCUT2D eigenvalue weighted by Crippen LogP contribution is 2.17. The first-order valence-corrected chi connectivity index (χ1v) is 11.7. The molecular weight excluding hydrogens is 415 g/mol. The van der Waals surface area contributed by atoms with Gasteiger partial charge in [0, 0.05) is 55.9 Å². The highest BCUT2D eigenvalue weighted by atomic mass is 35.5. The lowest BCUT2D eigenvalue weighted by Crippen LogP contribution is -2.47. The van der Waals surface area contributed by atoms with Crippen LogP contribution in [0.2, 0.25) is 10.0 Å². The van der Waals surface area contributed by atoms with Crippen molar-refractivity contribution in [2.45, 2.75) is 25.9 Å². The highest BCUT2D eigenvalue weighted by Gasteiger charge is 2.16. The smallest absolute Gasteiger partial charge is 0.0409 e. The van der Waals surface area contributed by atoms with Crippen LogP contribution in [-0.2, 0) is 13.1 Å². The van der Waals surface area contributed by atoms with Gasteiger partial charge < -0.3 is 15.5 Å². The fraction of sp³-hybridized carbons (Fsp3) is 0.500. The molecule has 164 valence electrons.